The molecule has 0 bridgehead atoms. The second kappa shape index (κ2) is 45.4. The number of carbonyl (C=O) groups excluding carboxylic acids is 3. The van der Waals surface area contributed by atoms with Crippen LogP contribution in [0.3, 0.4) is 0 Å². The van der Waals surface area contributed by atoms with Crippen LogP contribution in [0.25, 0.3) is 0 Å². The molecule has 3 unspecified atom stereocenters. The monoisotopic (exact) mass is 849 g/mol. The number of carbonyl (C=O) groups is 3. The van der Waals surface area contributed by atoms with E-state index in [0.29, 0.717) is 19.3 Å². The Morgan fingerprint density at radius 1 is 0.317 bits per heavy atom. The van der Waals surface area contributed by atoms with Gasteiger partial charge >= 0.3 is 17.9 Å². The summed E-state index contributed by atoms with van der Waals surface area (Å²) in [4.78, 5) is 37.9. The van der Waals surface area contributed by atoms with Gasteiger partial charge in [0.2, 0.25) is 0 Å². The molecule has 0 aromatic rings. The molecule has 60 heavy (non-hydrogen) atoms. The van der Waals surface area contributed by atoms with Crippen LogP contribution in [-0.4, -0.2) is 37.2 Å². The van der Waals surface area contributed by atoms with E-state index >= 15 is 0 Å². The Balaban J connectivity index is 4.17. The molecule has 356 valence electrons. The molecule has 0 heterocycles. The van der Waals surface area contributed by atoms with Crippen LogP contribution in [0.1, 0.15) is 292 Å². The smallest absolute Gasteiger partial charge is 0.306 e. The van der Waals surface area contributed by atoms with Crippen LogP contribution in [-0.2, 0) is 28.6 Å². The average Bonchev–Trinajstić information content (AvgIpc) is 3.25. The van der Waals surface area contributed by atoms with Gasteiger partial charge < -0.3 is 14.2 Å². The zero-order valence-electron chi connectivity index (χ0n) is 41.3. The third-order valence-corrected chi connectivity index (χ3v) is 13.2. The van der Waals surface area contributed by atoms with Gasteiger partial charge in [0.25, 0.3) is 0 Å². The molecule has 0 aliphatic rings. The fourth-order valence-corrected chi connectivity index (χ4v) is 8.02. The van der Waals surface area contributed by atoms with Gasteiger partial charge in [-0.05, 0) is 37.0 Å². The fraction of sp³-hybridized carbons (Fsp3) is 0.944. The molecule has 0 aliphatic heterocycles. The highest BCUT2D eigenvalue weighted by Crippen LogP contribution is 2.19. The van der Waals surface area contributed by atoms with Crippen molar-refractivity contribution in [3.05, 3.63) is 0 Å². The predicted molar refractivity (Wildman–Crippen MR) is 256 cm³/mol. The molecule has 0 radical (unpaired) electrons. The molecule has 6 heteroatoms. The molecule has 4 atom stereocenters. The number of ether oxygens (including phenoxy) is 3. The van der Waals surface area contributed by atoms with Gasteiger partial charge in [-0.25, -0.2) is 0 Å². The third kappa shape index (κ3) is 43.1. The Morgan fingerprint density at radius 3 is 0.783 bits per heavy atom. The minimum atomic E-state index is -0.764. The molecule has 0 aliphatic carbocycles. The van der Waals surface area contributed by atoms with Crippen LogP contribution in [0.2, 0.25) is 0 Å². The second-order valence-electron chi connectivity index (χ2n) is 19.2. The molecular weight excluding hydrogens is 745 g/mol. The summed E-state index contributed by atoms with van der Waals surface area (Å²) in [7, 11) is 0. The maximum Gasteiger partial charge on any atom is 0.306 e. The summed E-state index contributed by atoms with van der Waals surface area (Å²) in [6, 6.07) is 0. The Morgan fingerprint density at radius 2 is 0.533 bits per heavy atom. The first-order chi connectivity index (χ1) is 29.2. The largest absolute Gasteiger partial charge is 0.462 e. The van der Waals surface area contributed by atoms with Gasteiger partial charge in [0, 0.05) is 19.3 Å². The average molecular weight is 849 g/mol. The van der Waals surface area contributed by atoms with Crippen LogP contribution in [0.4, 0.5) is 0 Å². The van der Waals surface area contributed by atoms with Crippen molar-refractivity contribution in [2.75, 3.05) is 13.2 Å². The first-order valence-corrected chi connectivity index (χ1v) is 26.7. The molecule has 0 spiro atoms. The summed E-state index contributed by atoms with van der Waals surface area (Å²) in [5.41, 5.74) is 0. The van der Waals surface area contributed by atoms with E-state index in [1.54, 1.807) is 0 Å². The van der Waals surface area contributed by atoms with E-state index in [0.717, 1.165) is 75.5 Å². The molecule has 0 fully saturated rings. The zero-order chi connectivity index (χ0) is 44.2. The highest BCUT2D eigenvalue weighted by atomic mass is 16.6. The molecule has 0 N–H and O–H groups in total. The lowest BCUT2D eigenvalue weighted by molar-refractivity contribution is -0.167. The summed E-state index contributed by atoms with van der Waals surface area (Å²) < 4.78 is 16.8. The number of hydrogen-bond donors (Lipinski definition) is 0. The van der Waals surface area contributed by atoms with E-state index in [9.17, 15) is 14.4 Å². The Hall–Kier alpha value is -1.59. The molecule has 0 saturated heterocycles. The van der Waals surface area contributed by atoms with Gasteiger partial charge in [0.05, 0.1) is 0 Å². The van der Waals surface area contributed by atoms with Crippen LogP contribution in [0, 0.1) is 17.8 Å². The van der Waals surface area contributed by atoms with E-state index < -0.39 is 6.10 Å². The van der Waals surface area contributed by atoms with Crippen molar-refractivity contribution in [2.45, 2.75) is 298 Å². The van der Waals surface area contributed by atoms with Gasteiger partial charge in [0.1, 0.15) is 13.2 Å². The van der Waals surface area contributed by atoms with Gasteiger partial charge in [0.15, 0.2) is 6.10 Å². The minimum Gasteiger partial charge on any atom is -0.462 e. The van der Waals surface area contributed by atoms with E-state index in [1.807, 2.05) is 0 Å². The van der Waals surface area contributed by atoms with Gasteiger partial charge in [-0.1, -0.05) is 253 Å². The topological polar surface area (TPSA) is 78.9 Å². The summed E-state index contributed by atoms with van der Waals surface area (Å²) >= 11 is 0. The van der Waals surface area contributed by atoms with Crippen LogP contribution in [0.5, 0.6) is 0 Å². The number of hydrogen-bond acceptors (Lipinski definition) is 6. The SMILES string of the molecule is CCC(C)CCCCCCCCCCCCCCCCCCCCC(=O)OC[C@H](COC(=O)CCCCCCCCC(C)CC)OC(=O)CCCCCCCCC(C)CC. The predicted octanol–water partition coefficient (Wildman–Crippen LogP) is 17.2. The van der Waals surface area contributed by atoms with Crippen LogP contribution < -0.4 is 0 Å². The summed E-state index contributed by atoms with van der Waals surface area (Å²) in [5, 5.41) is 0. The Labute approximate surface area is 374 Å². The minimum absolute atomic E-state index is 0.0660. The molecule has 0 saturated carbocycles. The number of rotatable bonds is 47. The van der Waals surface area contributed by atoms with Gasteiger partial charge in [-0.3, -0.25) is 14.4 Å². The lowest BCUT2D eigenvalue weighted by Crippen LogP contribution is -2.30. The van der Waals surface area contributed by atoms with Crippen LogP contribution in [0.15, 0.2) is 0 Å². The van der Waals surface area contributed by atoms with Crippen LogP contribution >= 0.6 is 0 Å². The highest BCUT2D eigenvalue weighted by Gasteiger charge is 2.19. The second-order valence-corrected chi connectivity index (χ2v) is 19.2. The summed E-state index contributed by atoms with van der Waals surface area (Å²) in [6.07, 6.45) is 45.3. The normalized spacial score (nSPS) is 13.5. The summed E-state index contributed by atoms with van der Waals surface area (Å²) in [5.74, 6) is 1.68. The molecule has 0 rings (SSSR count). The van der Waals surface area contributed by atoms with E-state index in [1.165, 1.54) is 173 Å². The van der Waals surface area contributed by atoms with Crippen molar-refractivity contribution in [3.63, 3.8) is 0 Å². The Bertz CT molecular complexity index is 935. The van der Waals surface area contributed by atoms with Crippen molar-refractivity contribution in [2.24, 2.45) is 17.8 Å². The quantitative estimate of drug-likeness (QED) is 0.0345. The molecule has 0 aromatic heterocycles. The first kappa shape index (κ1) is 58.4. The molecule has 0 aromatic carbocycles. The molecule has 0 amide bonds. The number of esters is 3. The fourth-order valence-electron chi connectivity index (χ4n) is 8.02. The van der Waals surface area contributed by atoms with Crippen molar-refractivity contribution in [1.29, 1.82) is 0 Å². The maximum atomic E-state index is 12.7. The molecule has 6 nitrogen and oxygen atoms in total. The van der Waals surface area contributed by atoms with Crippen molar-refractivity contribution in [3.8, 4) is 0 Å². The van der Waals surface area contributed by atoms with Gasteiger partial charge in [-0.2, -0.15) is 0 Å². The van der Waals surface area contributed by atoms with Crippen molar-refractivity contribution < 1.29 is 28.6 Å². The standard InChI is InChI=1S/C54H104O6/c1-7-48(4)40-34-28-22-20-18-16-14-12-10-11-13-15-17-19-21-23-31-37-43-52(55)58-46-51(60-54(57)45-39-33-27-25-30-36-42-50(6)9-3)47-59-53(56)44-38-32-26-24-29-35-41-49(5)8-2/h48-51H,7-47H2,1-6H3/t48?,49?,50?,51-/m1/s1. The van der Waals surface area contributed by atoms with E-state index in [4.69, 9.17) is 14.2 Å². The summed E-state index contributed by atoms with van der Waals surface area (Å²) in [6.45, 7) is 13.7. The van der Waals surface area contributed by atoms with E-state index in [-0.39, 0.29) is 31.1 Å². The van der Waals surface area contributed by atoms with Gasteiger partial charge in [-0.15, -0.1) is 0 Å². The molecular formula is C54H104O6. The highest BCUT2D eigenvalue weighted by molar-refractivity contribution is 5.71. The maximum absolute atomic E-state index is 12.7. The Kier molecular flexibility index (Phi) is 44.2. The lowest BCUT2D eigenvalue weighted by Gasteiger charge is -2.18. The zero-order valence-corrected chi connectivity index (χ0v) is 41.3. The van der Waals surface area contributed by atoms with E-state index in [2.05, 4.69) is 41.5 Å². The van der Waals surface area contributed by atoms with Crippen molar-refractivity contribution >= 4 is 17.9 Å². The number of unbranched alkanes of at least 4 members (excludes halogenated alkanes) is 27. The first-order valence-electron chi connectivity index (χ1n) is 26.7. The lowest BCUT2D eigenvalue weighted by atomic mass is 9.99. The third-order valence-electron chi connectivity index (χ3n) is 13.2. The van der Waals surface area contributed by atoms with Crippen molar-refractivity contribution in [1.82, 2.24) is 0 Å².